The molecule has 0 bridgehead atoms. The first-order valence-corrected chi connectivity index (χ1v) is 6.54. The van der Waals surface area contributed by atoms with Crippen LogP contribution in [0.4, 0.5) is 5.69 Å². The zero-order valence-electron chi connectivity index (χ0n) is 12.0. The van der Waals surface area contributed by atoms with Crippen LogP contribution in [0.1, 0.15) is 35.9 Å². The van der Waals surface area contributed by atoms with Gasteiger partial charge in [-0.2, -0.15) is 0 Å². The number of hydrogen-bond acceptors (Lipinski definition) is 6. The fourth-order valence-electron chi connectivity index (χ4n) is 1.74. The summed E-state index contributed by atoms with van der Waals surface area (Å²) in [6.07, 6.45) is -2.57. The van der Waals surface area contributed by atoms with E-state index < -0.39 is 18.2 Å². The third-order valence-electron chi connectivity index (χ3n) is 2.84. The van der Waals surface area contributed by atoms with Crippen LogP contribution in [0.2, 0.25) is 0 Å². The first kappa shape index (κ1) is 16.9. The highest BCUT2D eigenvalue weighted by Crippen LogP contribution is 2.24. The Kier molecular flexibility index (Phi) is 6.13. The number of carbonyl (C=O) groups is 2. The number of hydrogen-bond donors (Lipinski definition) is 4. The lowest BCUT2D eigenvalue weighted by Crippen LogP contribution is -2.34. The summed E-state index contributed by atoms with van der Waals surface area (Å²) in [6.45, 7) is 3.09. The fraction of sp³-hybridized carbons (Fsp3) is 0.429. The van der Waals surface area contributed by atoms with Crippen LogP contribution in [-0.2, 0) is 9.53 Å². The van der Waals surface area contributed by atoms with Crippen LogP contribution in [0, 0.1) is 0 Å². The third kappa shape index (κ3) is 4.73. The molecule has 1 aromatic carbocycles. The predicted octanol–water partition coefficient (Wildman–Crippen LogP) is -0.0241. The number of anilines is 1. The number of carbonyl (C=O) groups excluding carboxylic acids is 2. The van der Waals surface area contributed by atoms with E-state index in [4.69, 9.17) is 10.5 Å². The van der Waals surface area contributed by atoms with Gasteiger partial charge in [0, 0.05) is 24.7 Å². The lowest BCUT2D eigenvalue weighted by Gasteiger charge is -2.20. The van der Waals surface area contributed by atoms with E-state index in [2.05, 4.69) is 5.32 Å². The molecule has 0 aliphatic carbocycles. The van der Waals surface area contributed by atoms with E-state index in [0.29, 0.717) is 0 Å². The Morgan fingerprint density at radius 2 is 2.05 bits per heavy atom. The van der Waals surface area contributed by atoms with E-state index in [-0.39, 0.29) is 35.9 Å². The number of aliphatic hydroxyl groups excluding tert-OH is 2. The number of ether oxygens (including phenoxy) is 1. The van der Waals surface area contributed by atoms with Crippen molar-refractivity contribution in [3.63, 3.8) is 0 Å². The zero-order valence-corrected chi connectivity index (χ0v) is 12.0. The summed E-state index contributed by atoms with van der Waals surface area (Å²) in [5.74, 6) is -0.864. The molecule has 2 atom stereocenters. The Morgan fingerprint density at radius 3 is 2.62 bits per heavy atom. The monoisotopic (exact) mass is 296 g/mol. The molecule has 7 nitrogen and oxygen atoms in total. The zero-order chi connectivity index (χ0) is 16.0. The first-order chi connectivity index (χ1) is 9.86. The molecule has 0 aromatic heterocycles. The second kappa shape index (κ2) is 7.61. The van der Waals surface area contributed by atoms with Crippen molar-refractivity contribution in [2.75, 3.05) is 18.9 Å². The average Bonchev–Trinajstić information content (AvgIpc) is 2.44. The van der Waals surface area contributed by atoms with Gasteiger partial charge in [-0.25, -0.2) is 4.79 Å². The van der Waals surface area contributed by atoms with Gasteiger partial charge in [-0.15, -0.1) is 0 Å². The van der Waals surface area contributed by atoms with Gasteiger partial charge in [0.1, 0.15) is 12.2 Å². The molecular weight excluding hydrogens is 276 g/mol. The van der Waals surface area contributed by atoms with E-state index in [1.807, 2.05) is 0 Å². The molecule has 0 heterocycles. The number of aliphatic hydroxyl groups is 2. The van der Waals surface area contributed by atoms with Gasteiger partial charge in [-0.3, -0.25) is 4.79 Å². The summed E-state index contributed by atoms with van der Waals surface area (Å²) in [5, 5.41) is 22.3. The Bertz CT molecular complexity index is 518. The van der Waals surface area contributed by atoms with Gasteiger partial charge in [-0.05, 0) is 25.1 Å². The van der Waals surface area contributed by atoms with Crippen molar-refractivity contribution in [1.29, 1.82) is 0 Å². The van der Waals surface area contributed by atoms with Gasteiger partial charge in [0.2, 0.25) is 5.91 Å². The Morgan fingerprint density at radius 1 is 1.38 bits per heavy atom. The quantitative estimate of drug-likeness (QED) is 0.432. The molecule has 7 heteroatoms. The fourth-order valence-corrected chi connectivity index (χ4v) is 1.74. The molecule has 1 rings (SSSR count). The van der Waals surface area contributed by atoms with Crippen LogP contribution in [0.5, 0.6) is 0 Å². The van der Waals surface area contributed by atoms with Gasteiger partial charge in [-0.1, -0.05) is 0 Å². The van der Waals surface area contributed by atoms with E-state index in [1.54, 1.807) is 6.92 Å². The molecule has 1 aromatic rings. The van der Waals surface area contributed by atoms with E-state index in [0.717, 1.165) is 0 Å². The predicted molar refractivity (Wildman–Crippen MR) is 76.5 cm³/mol. The molecule has 0 radical (unpaired) electrons. The summed E-state index contributed by atoms with van der Waals surface area (Å²) >= 11 is 0. The van der Waals surface area contributed by atoms with Gasteiger partial charge in [0.05, 0.1) is 12.2 Å². The van der Waals surface area contributed by atoms with Crippen LogP contribution in [0.15, 0.2) is 18.2 Å². The number of benzene rings is 1. The van der Waals surface area contributed by atoms with Crippen molar-refractivity contribution >= 4 is 17.6 Å². The van der Waals surface area contributed by atoms with Crippen molar-refractivity contribution in [3.05, 3.63) is 29.3 Å². The number of nitrogen functional groups attached to an aromatic ring is 1. The highest BCUT2D eigenvalue weighted by Gasteiger charge is 2.22. The number of rotatable bonds is 6. The molecule has 0 saturated heterocycles. The van der Waals surface area contributed by atoms with Crippen molar-refractivity contribution < 1.29 is 24.5 Å². The van der Waals surface area contributed by atoms with Crippen molar-refractivity contribution in [2.45, 2.75) is 26.1 Å². The number of nitrogens with two attached hydrogens (primary N) is 1. The molecule has 0 aliphatic heterocycles. The molecule has 2 unspecified atom stereocenters. The largest absolute Gasteiger partial charge is 0.462 e. The van der Waals surface area contributed by atoms with Crippen molar-refractivity contribution in [2.24, 2.45) is 0 Å². The molecule has 0 spiro atoms. The topological polar surface area (TPSA) is 122 Å². The van der Waals surface area contributed by atoms with Crippen LogP contribution in [0.3, 0.4) is 0 Å². The van der Waals surface area contributed by atoms with Crippen LogP contribution >= 0.6 is 0 Å². The molecule has 5 N–H and O–H groups in total. The maximum absolute atomic E-state index is 11.7. The Balaban J connectivity index is 2.92. The highest BCUT2D eigenvalue weighted by atomic mass is 16.5. The van der Waals surface area contributed by atoms with Crippen LogP contribution < -0.4 is 11.1 Å². The molecule has 0 fully saturated rings. The van der Waals surface area contributed by atoms with Gasteiger partial charge < -0.3 is 26.0 Å². The summed E-state index contributed by atoms with van der Waals surface area (Å²) in [7, 11) is 0. The third-order valence-corrected chi connectivity index (χ3v) is 2.84. The summed E-state index contributed by atoms with van der Waals surface area (Å²) in [5.41, 5.74) is 6.42. The number of nitrogens with one attached hydrogen (secondary N) is 1. The SMILES string of the molecule is CCOC(=O)c1ccc(N)c(C(O)C(O)CNC(C)=O)c1. The second-order valence-corrected chi connectivity index (χ2v) is 4.51. The number of amides is 1. The minimum absolute atomic E-state index is 0.125. The highest BCUT2D eigenvalue weighted by molar-refractivity contribution is 5.90. The molecule has 0 aliphatic rings. The maximum atomic E-state index is 11.7. The Labute approximate surface area is 122 Å². The standard InChI is InChI=1S/C14H20N2O5/c1-3-21-14(20)9-4-5-11(15)10(6-9)13(19)12(18)7-16-8(2)17/h4-6,12-13,18-19H,3,7,15H2,1-2H3,(H,16,17). The molecular formula is C14H20N2O5. The normalized spacial score (nSPS) is 13.3. The maximum Gasteiger partial charge on any atom is 0.338 e. The molecule has 1 amide bonds. The lowest BCUT2D eigenvalue weighted by molar-refractivity contribution is -0.119. The summed E-state index contributed by atoms with van der Waals surface area (Å²) in [6, 6.07) is 4.30. The first-order valence-electron chi connectivity index (χ1n) is 6.54. The van der Waals surface area contributed by atoms with Crippen molar-refractivity contribution in [1.82, 2.24) is 5.32 Å². The molecule has 21 heavy (non-hydrogen) atoms. The van der Waals surface area contributed by atoms with E-state index >= 15 is 0 Å². The summed E-state index contributed by atoms with van der Waals surface area (Å²) in [4.78, 5) is 22.5. The minimum atomic E-state index is -1.33. The van der Waals surface area contributed by atoms with Crippen molar-refractivity contribution in [3.8, 4) is 0 Å². The smallest absolute Gasteiger partial charge is 0.338 e. The number of esters is 1. The lowest BCUT2D eigenvalue weighted by atomic mass is 10.00. The van der Waals surface area contributed by atoms with Gasteiger partial charge in [0.15, 0.2) is 0 Å². The van der Waals surface area contributed by atoms with Gasteiger partial charge in [0.25, 0.3) is 0 Å². The molecule has 116 valence electrons. The minimum Gasteiger partial charge on any atom is -0.462 e. The second-order valence-electron chi connectivity index (χ2n) is 4.51. The Hall–Kier alpha value is -2.12. The van der Waals surface area contributed by atoms with Crippen LogP contribution in [-0.4, -0.2) is 41.3 Å². The van der Waals surface area contributed by atoms with E-state index in [9.17, 15) is 19.8 Å². The van der Waals surface area contributed by atoms with E-state index in [1.165, 1.54) is 25.1 Å². The average molecular weight is 296 g/mol. The summed E-state index contributed by atoms with van der Waals surface area (Å²) < 4.78 is 4.86. The van der Waals surface area contributed by atoms with Gasteiger partial charge >= 0.3 is 5.97 Å². The van der Waals surface area contributed by atoms with Crippen LogP contribution in [0.25, 0.3) is 0 Å². The molecule has 0 saturated carbocycles.